The molecule has 0 saturated heterocycles. The van der Waals surface area contributed by atoms with Crippen LogP contribution in [-0.4, -0.2) is 0 Å². The minimum Gasteiger partial charge on any atom is -0.107 e. The molecule has 130 valence electrons. The van der Waals surface area contributed by atoms with E-state index < -0.39 is 0 Å². The smallest absolute Gasteiger partial charge is 0.00885 e. The van der Waals surface area contributed by atoms with Gasteiger partial charge in [0.2, 0.25) is 0 Å². The van der Waals surface area contributed by atoms with E-state index in [2.05, 4.69) is 18.8 Å². The lowest BCUT2D eigenvalue weighted by Crippen LogP contribution is -1.83. The van der Waals surface area contributed by atoms with E-state index in [1.54, 1.807) is 0 Å². The largest absolute Gasteiger partial charge is 0.107 e. The highest BCUT2D eigenvalue weighted by Gasteiger charge is 1.94. The van der Waals surface area contributed by atoms with Crippen molar-refractivity contribution in [2.24, 2.45) is 0 Å². The van der Waals surface area contributed by atoms with Gasteiger partial charge in [0.1, 0.15) is 0 Å². The average Bonchev–Trinajstić information content (AvgIpc) is 2.54. The first-order valence-electron chi connectivity index (χ1n) is 10.3. The van der Waals surface area contributed by atoms with E-state index in [1.807, 2.05) is 6.92 Å². The molecule has 0 spiro atoms. The number of rotatable bonds is 17. The summed E-state index contributed by atoms with van der Waals surface area (Å²) in [4.78, 5) is 0. The summed E-state index contributed by atoms with van der Waals surface area (Å²) in [5.41, 5.74) is 0. The van der Waals surface area contributed by atoms with Gasteiger partial charge in [-0.2, -0.15) is 0 Å². The van der Waals surface area contributed by atoms with Gasteiger partial charge in [-0.1, -0.05) is 110 Å². The first-order chi connectivity index (χ1) is 10.9. The third-order valence-corrected chi connectivity index (χ3v) is 4.58. The minimum absolute atomic E-state index is 1.11. The fourth-order valence-electron chi connectivity index (χ4n) is 3.06. The van der Waals surface area contributed by atoms with Crippen molar-refractivity contribution < 1.29 is 0 Å². The molecule has 0 aliphatic heterocycles. The van der Waals surface area contributed by atoms with E-state index in [9.17, 15) is 0 Å². The van der Waals surface area contributed by atoms with Crippen LogP contribution in [0.3, 0.4) is 0 Å². The lowest BCUT2D eigenvalue weighted by molar-refractivity contribution is 0.528. The van der Waals surface area contributed by atoms with Crippen molar-refractivity contribution in [1.82, 2.24) is 0 Å². The van der Waals surface area contributed by atoms with Gasteiger partial charge in [-0.05, 0) is 13.3 Å². The monoisotopic (exact) mass is 306 g/mol. The van der Waals surface area contributed by atoms with Crippen LogP contribution in [0.15, 0.2) is 0 Å². The topological polar surface area (TPSA) is 0 Å². The zero-order valence-electron chi connectivity index (χ0n) is 15.7. The maximum absolute atomic E-state index is 3.15. The van der Waals surface area contributed by atoms with Gasteiger partial charge < -0.3 is 0 Å². The molecule has 0 fully saturated rings. The fraction of sp³-hybridized carbons (Fsp3) is 0.909. The quantitative estimate of drug-likeness (QED) is 0.188. The van der Waals surface area contributed by atoms with Gasteiger partial charge in [-0.15, -0.1) is 11.8 Å². The molecule has 0 radical (unpaired) electrons. The summed E-state index contributed by atoms with van der Waals surface area (Å²) < 4.78 is 0. The van der Waals surface area contributed by atoms with E-state index in [1.165, 1.54) is 109 Å². The molecule has 0 nitrogen and oxygen atoms in total. The molecule has 0 heterocycles. The number of hydrogen-bond donors (Lipinski definition) is 0. The van der Waals surface area contributed by atoms with Crippen LogP contribution in [0.25, 0.3) is 0 Å². The Hall–Kier alpha value is -0.440. The molecule has 0 atom stereocenters. The molecule has 0 N–H and O–H groups in total. The Morgan fingerprint density at radius 1 is 0.455 bits per heavy atom. The second-order valence-electron chi connectivity index (χ2n) is 6.83. The summed E-state index contributed by atoms with van der Waals surface area (Å²) in [5, 5.41) is 0. The average molecular weight is 307 g/mol. The number of hydrogen-bond acceptors (Lipinski definition) is 0. The Morgan fingerprint density at radius 2 is 0.773 bits per heavy atom. The predicted octanol–water partition coefficient (Wildman–Crippen LogP) is 8.05. The van der Waals surface area contributed by atoms with Gasteiger partial charge in [-0.3, -0.25) is 0 Å². The van der Waals surface area contributed by atoms with Crippen molar-refractivity contribution in [1.29, 1.82) is 0 Å². The van der Waals surface area contributed by atoms with Crippen LogP contribution in [0.5, 0.6) is 0 Å². The summed E-state index contributed by atoms with van der Waals surface area (Å²) in [6, 6.07) is 0. The predicted molar refractivity (Wildman–Crippen MR) is 102 cm³/mol. The maximum Gasteiger partial charge on any atom is 0.00885 e. The lowest BCUT2D eigenvalue weighted by Gasteiger charge is -2.03. The zero-order chi connectivity index (χ0) is 16.1. The zero-order valence-corrected chi connectivity index (χ0v) is 15.7. The Bertz CT molecular complexity index is 242. The molecule has 0 aliphatic carbocycles. The molecule has 0 aromatic heterocycles. The molecule has 0 heteroatoms. The van der Waals surface area contributed by atoms with Crippen molar-refractivity contribution >= 4 is 0 Å². The summed E-state index contributed by atoms with van der Waals surface area (Å²) >= 11 is 0. The van der Waals surface area contributed by atoms with Gasteiger partial charge in [0.25, 0.3) is 0 Å². The normalized spacial score (nSPS) is 10.5. The Labute approximate surface area is 141 Å². The van der Waals surface area contributed by atoms with E-state index in [0.717, 1.165) is 6.42 Å². The first-order valence-corrected chi connectivity index (χ1v) is 10.3. The SMILES string of the molecule is CC#CCCCCCCCCCCCCCCCCCCC. The fourth-order valence-corrected chi connectivity index (χ4v) is 3.06. The standard InChI is InChI=1S/C22H42/c1-3-5-7-9-11-13-15-17-19-21-22-20-18-16-14-12-10-8-6-4-2/h3,5,7-22H2,1-2H3. The second kappa shape index (κ2) is 20.6. The van der Waals surface area contributed by atoms with Crippen molar-refractivity contribution in [2.75, 3.05) is 0 Å². The molecule has 22 heavy (non-hydrogen) atoms. The summed E-state index contributed by atoms with van der Waals surface area (Å²) in [6.45, 7) is 4.23. The third kappa shape index (κ3) is 19.6. The number of unbranched alkanes of at least 4 members (excludes halogenated alkanes) is 17. The molecule has 0 aromatic rings. The van der Waals surface area contributed by atoms with Crippen LogP contribution in [0.1, 0.15) is 129 Å². The maximum atomic E-state index is 3.15. The highest BCUT2D eigenvalue weighted by molar-refractivity contribution is 4.94. The highest BCUT2D eigenvalue weighted by atomic mass is 14.0. The Morgan fingerprint density at radius 3 is 1.09 bits per heavy atom. The van der Waals surface area contributed by atoms with Gasteiger partial charge in [0.05, 0.1) is 0 Å². The van der Waals surface area contributed by atoms with Crippen molar-refractivity contribution in [2.45, 2.75) is 129 Å². The second-order valence-corrected chi connectivity index (χ2v) is 6.83. The van der Waals surface area contributed by atoms with Gasteiger partial charge in [0.15, 0.2) is 0 Å². The molecule has 0 aliphatic rings. The summed E-state index contributed by atoms with van der Waals surface area (Å²) in [7, 11) is 0. The van der Waals surface area contributed by atoms with E-state index in [-0.39, 0.29) is 0 Å². The van der Waals surface area contributed by atoms with Crippen molar-refractivity contribution in [3.8, 4) is 11.8 Å². The first kappa shape index (κ1) is 21.6. The molecular formula is C22H42. The minimum atomic E-state index is 1.11. The highest BCUT2D eigenvalue weighted by Crippen LogP contribution is 2.14. The lowest BCUT2D eigenvalue weighted by atomic mass is 10.0. The van der Waals surface area contributed by atoms with Crippen molar-refractivity contribution in [3.05, 3.63) is 0 Å². The van der Waals surface area contributed by atoms with Crippen LogP contribution in [0.2, 0.25) is 0 Å². The molecular weight excluding hydrogens is 264 g/mol. The van der Waals surface area contributed by atoms with Crippen LogP contribution >= 0.6 is 0 Å². The molecule has 0 aromatic carbocycles. The van der Waals surface area contributed by atoms with Crippen LogP contribution < -0.4 is 0 Å². The molecule has 0 rings (SSSR count). The molecule has 0 bridgehead atoms. The summed E-state index contributed by atoms with van der Waals surface area (Å²) in [6.07, 6.45) is 25.6. The van der Waals surface area contributed by atoms with Crippen LogP contribution in [0, 0.1) is 11.8 Å². The van der Waals surface area contributed by atoms with E-state index in [4.69, 9.17) is 0 Å². The van der Waals surface area contributed by atoms with Gasteiger partial charge >= 0.3 is 0 Å². The molecule has 0 saturated carbocycles. The molecule has 0 unspecified atom stereocenters. The van der Waals surface area contributed by atoms with Crippen molar-refractivity contribution in [3.63, 3.8) is 0 Å². The van der Waals surface area contributed by atoms with Crippen LogP contribution in [0.4, 0.5) is 0 Å². The van der Waals surface area contributed by atoms with Gasteiger partial charge in [0, 0.05) is 6.42 Å². The van der Waals surface area contributed by atoms with Crippen LogP contribution in [-0.2, 0) is 0 Å². The van der Waals surface area contributed by atoms with Gasteiger partial charge in [-0.25, -0.2) is 0 Å². The Kier molecular flexibility index (Phi) is 20.1. The third-order valence-electron chi connectivity index (χ3n) is 4.58. The summed E-state index contributed by atoms with van der Waals surface area (Å²) in [5.74, 6) is 6.12. The van der Waals surface area contributed by atoms with E-state index >= 15 is 0 Å². The molecule has 0 amide bonds. The van der Waals surface area contributed by atoms with E-state index in [0.29, 0.717) is 0 Å². The Balaban J connectivity index is 2.95.